The first-order chi connectivity index (χ1) is 11.6. The molecular formula is C17H13N3O3S. The monoisotopic (exact) mass is 339 g/mol. The number of nitrogens with zero attached hydrogens (tertiary/aromatic N) is 1. The van der Waals surface area contributed by atoms with E-state index in [1.54, 1.807) is 54.8 Å². The molecule has 0 unspecified atom stereocenters. The van der Waals surface area contributed by atoms with Crippen LogP contribution in [-0.2, 0) is 4.79 Å². The highest BCUT2D eigenvalue weighted by Gasteiger charge is 2.23. The first-order valence-electron chi connectivity index (χ1n) is 7.02. The zero-order valence-corrected chi connectivity index (χ0v) is 13.2. The van der Waals surface area contributed by atoms with Crippen LogP contribution >= 0.6 is 11.8 Å². The highest BCUT2D eigenvalue weighted by molar-refractivity contribution is 8.18. The lowest BCUT2D eigenvalue weighted by Crippen LogP contribution is -2.19. The number of nitrogens with one attached hydrogen (secondary N) is 1. The molecule has 0 aliphatic carbocycles. The number of aliphatic imine (C=N–C) groups is 1. The minimum Gasteiger partial charge on any atom is -0.465 e. The standard InChI is InChI=1S/C17H13N3O3S/c18-15(21)12-7-1-2-8-13(12)19-17-20-16(22)14(24-17)9-3-5-11-6-4-10-23-11/h1-10H,(H2,18,21)(H,19,20,22)/b5-3+,14-9+. The molecule has 1 aliphatic heterocycles. The number of nitrogens with two attached hydrogens (primary N) is 1. The fourth-order valence-corrected chi connectivity index (χ4v) is 2.79. The van der Waals surface area contributed by atoms with Crippen LogP contribution in [0.5, 0.6) is 0 Å². The lowest BCUT2D eigenvalue weighted by Gasteiger charge is -2.01. The smallest absolute Gasteiger partial charge is 0.264 e. The second-order valence-electron chi connectivity index (χ2n) is 4.76. The molecule has 7 heteroatoms. The topological polar surface area (TPSA) is 97.7 Å². The van der Waals surface area contributed by atoms with Crippen LogP contribution in [0.3, 0.4) is 0 Å². The van der Waals surface area contributed by atoms with Gasteiger partial charge in [-0.2, -0.15) is 0 Å². The third-order valence-corrected chi connectivity index (χ3v) is 4.02. The van der Waals surface area contributed by atoms with Gasteiger partial charge in [0.25, 0.3) is 11.8 Å². The number of amides is 2. The summed E-state index contributed by atoms with van der Waals surface area (Å²) in [7, 11) is 0. The number of benzene rings is 1. The van der Waals surface area contributed by atoms with Crippen LogP contribution in [0.4, 0.5) is 5.69 Å². The van der Waals surface area contributed by atoms with Gasteiger partial charge < -0.3 is 15.5 Å². The fraction of sp³-hybridized carbons (Fsp3) is 0. The number of hydrogen-bond donors (Lipinski definition) is 2. The summed E-state index contributed by atoms with van der Waals surface area (Å²) >= 11 is 1.19. The minimum atomic E-state index is -0.568. The van der Waals surface area contributed by atoms with Crippen LogP contribution in [0.1, 0.15) is 16.1 Å². The Balaban J connectivity index is 1.78. The summed E-state index contributed by atoms with van der Waals surface area (Å²) < 4.78 is 5.17. The molecule has 0 bridgehead atoms. The number of para-hydroxylation sites is 1. The second-order valence-corrected chi connectivity index (χ2v) is 5.79. The summed E-state index contributed by atoms with van der Waals surface area (Å²) in [4.78, 5) is 28.2. The number of carbonyl (C=O) groups is 2. The van der Waals surface area contributed by atoms with Crippen molar-refractivity contribution in [3.8, 4) is 0 Å². The molecule has 1 aromatic carbocycles. The van der Waals surface area contributed by atoms with Crippen molar-refractivity contribution in [3.05, 3.63) is 71.0 Å². The van der Waals surface area contributed by atoms with Gasteiger partial charge in [0.05, 0.1) is 22.4 Å². The molecule has 120 valence electrons. The van der Waals surface area contributed by atoms with Crippen LogP contribution in [-0.4, -0.2) is 17.0 Å². The molecule has 0 atom stereocenters. The van der Waals surface area contributed by atoms with Crippen molar-refractivity contribution in [2.75, 3.05) is 0 Å². The number of rotatable bonds is 4. The molecule has 2 amide bonds. The first kappa shape index (κ1) is 15.8. The minimum absolute atomic E-state index is 0.251. The van der Waals surface area contributed by atoms with Gasteiger partial charge in [-0.3, -0.25) is 9.59 Å². The van der Waals surface area contributed by atoms with Crippen molar-refractivity contribution >= 4 is 40.5 Å². The average Bonchev–Trinajstić information content (AvgIpc) is 3.18. The Hall–Kier alpha value is -3.06. The van der Waals surface area contributed by atoms with E-state index in [9.17, 15) is 9.59 Å². The first-order valence-corrected chi connectivity index (χ1v) is 7.84. The molecule has 0 spiro atoms. The summed E-state index contributed by atoms with van der Waals surface area (Å²) in [5.41, 5.74) is 6.04. The fourth-order valence-electron chi connectivity index (χ4n) is 2.00. The summed E-state index contributed by atoms with van der Waals surface area (Å²) in [6, 6.07) is 10.3. The van der Waals surface area contributed by atoms with E-state index in [0.717, 1.165) is 0 Å². The maximum Gasteiger partial charge on any atom is 0.264 e. The van der Waals surface area contributed by atoms with E-state index in [1.807, 2.05) is 6.07 Å². The van der Waals surface area contributed by atoms with Crippen LogP contribution in [0, 0.1) is 0 Å². The molecule has 2 heterocycles. The third-order valence-electron chi connectivity index (χ3n) is 3.09. The molecule has 0 saturated carbocycles. The van der Waals surface area contributed by atoms with Gasteiger partial charge in [-0.05, 0) is 48.2 Å². The number of carbonyl (C=O) groups excluding carboxylic acids is 2. The van der Waals surface area contributed by atoms with Crippen molar-refractivity contribution < 1.29 is 14.0 Å². The van der Waals surface area contributed by atoms with Gasteiger partial charge in [0.15, 0.2) is 5.17 Å². The Morgan fingerprint density at radius 1 is 1.25 bits per heavy atom. The number of thioether (sulfide) groups is 1. The Morgan fingerprint density at radius 2 is 2.08 bits per heavy atom. The molecule has 24 heavy (non-hydrogen) atoms. The molecule has 2 aromatic rings. The van der Waals surface area contributed by atoms with E-state index >= 15 is 0 Å². The largest absolute Gasteiger partial charge is 0.465 e. The van der Waals surface area contributed by atoms with Gasteiger partial charge in [0.2, 0.25) is 0 Å². The van der Waals surface area contributed by atoms with E-state index in [2.05, 4.69) is 10.3 Å². The van der Waals surface area contributed by atoms with Gasteiger partial charge in [-0.1, -0.05) is 18.2 Å². The van der Waals surface area contributed by atoms with Gasteiger partial charge in [-0.25, -0.2) is 4.99 Å². The van der Waals surface area contributed by atoms with Gasteiger partial charge in [0.1, 0.15) is 5.76 Å². The summed E-state index contributed by atoms with van der Waals surface area (Å²) in [5, 5.41) is 3.05. The van der Waals surface area contributed by atoms with Crippen LogP contribution in [0.25, 0.3) is 6.08 Å². The van der Waals surface area contributed by atoms with E-state index in [-0.39, 0.29) is 5.91 Å². The molecule has 1 fully saturated rings. The highest BCUT2D eigenvalue weighted by atomic mass is 32.2. The zero-order valence-electron chi connectivity index (χ0n) is 12.4. The number of primary amides is 1. The van der Waals surface area contributed by atoms with Crippen molar-refractivity contribution in [1.29, 1.82) is 0 Å². The van der Waals surface area contributed by atoms with E-state index < -0.39 is 5.91 Å². The summed E-state index contributed by atoms with van der Waals surface area (Å²) in [6.45, 7) is 0. The van der Waals surface area contributed by atoms with Crippen LogP contribution < -0.4 is 11.1 Å². The van der Waals surface area contributed by atoms with Gasteiger partial charge in [0, 0.05) is 0 Å². The van der Waals surface area contributed by atoms with Crippen molar-refractivity contribution in [2.24, 2.45) is 10.7 Å². The van der Waals surface area contributed by atoms with Crippen molar-refractivity contribution in [1.82, 2.24) is 5.32 Å². The lowest BCUT2D eigenvalue weighted by molar-refractivity contribution is -0.115. The number of allylic oxidation sites excluding steroid dienone is 2. The van der Waals surface area contributed by atoms with Gasteiger partial charge >= 0.3 is 0 Å². The maximum atomic E-state index is 12.0. The number of furan rings is 1. The molecule has 0 radical (unpaired) electrons. The van der Waals surface area contributed by atoms with Gasteiger partial charge in [-0.15, -0.1) is 0 Å². The number of hydrogen-bond acceptors (Lipinski definition) is 5. The normalized spacial score (nSPS) is 17.8. The van der Waals surface area contributed by atoms with E-state index in [0.29, 0.717) is 27.1 Å². The second kappa shape index (κ2) is 7.01. The maximum absolute atomic E-state index is 12.0. The highest BCUT2D eigenvalue weighted by Crippen LogP contribution is 2.27. The molecule has 1 aromatic heterocycles. The quantitative estimate of drug-likeness (QED) is 0.837. The Bertz CT molecular complexity index is 867. The third kappa shape index (κ3) is 3.64. The zero-order chi connectivity index (χ0) is 16.9. The SMILES string of the molecule is NC(=O)c1ccccc1N=C1NC(=O)/C(=C\C=C\c2ccco2)S1. The van der Waals surface area contributed by atoms with Crippen LogP contribution in [0.2, 0.25) is 0 Å². The lowest BCUT2D eigenvalue weighted by atomic mass is 10.2. The Kier molecular flexibility index (Phi) is 4.62. The predicted octanol–water partition coefficient (Wildman–Crippen LogP) is 2.83. The van der Waals surface area contributed by atoms with Crippen molar-refractivity contribution in [2.45, 2.75) is 0 Å². The molecular weight excluding hydrogens is 326 g/mol. The Morgan fingerprint density at radius 3 is 2.83 bits per heavy atom. The molecule has 6 nitrogen and oxygen atoms in total. The average molecular weight is 339 g/mol. The predicted molar refractivity (Wildman–Crippen MR) is 93.6 cm³/mol. The number of amidine groups is 1. The molecule has 3 rings (SSSR count). The molecule has 3 N–H and O–H groups in total. The van der Waals surface area contributed by atoms with E-state index in [1.165, 1.54) is 11.8 Å². The molecule has 1 saturated heterocycles. The Labute approximate surface area is 142 Å². The van der Waals surface area contributed by atoms with E-state index in [4.69, 9.17) is 10.2 Å². The summed E-state index contributed by atoms with van der Waals surface area (Å²) in [6.07, 6.45) is 6.72. The van der Waals surface area contributed by atoms with Crippen LogP contribution in [0.15, 0.2) is 69.1 Å². The molecule has 1 aliphatic rings. The summed E-state index contributed by atoms with van der Waals surface area (Å²) in [5.74, 6) is -0.125. The van der Waals surface area contributed by atoms with Crippen molar-refractivity contribution in [3.63, 3.8) is 0 Å².